The molecule has 108 valence electrons. The molecule has 2 unspecified atom stereocenters. The number of amides is 1. The van der Waals surface area contributed by atoms with Gasteiger partial charge in [-0.15, -0.1) is 0 Å². The number of hydrogen-bond acceptors (Lipinski definition) is 2. The minimum Gasteiger partial charge on any atom is -0.481 e. The topological polar surface area (TPSA) is 57.6 Å². The van der Waals surface area contributed by atoms with Gasteiger partial charge in [0.25, 0.3) is 0 Å². The van der Waals surface area contributed by atoms with Gasteiger partial charge < -0.3 is 10.0 Å². The summed E-state index contributed by atoms with van der Waals surface area (Å²) in [6.07, 6.45) is 3.05. The van der Waals surface area contributed by atoms with Crippen LogP contribution in [0.3, 0.4) is 0 Å². The van der Waals surface area contributed by atoms with Crippen molar-refractivity contribution in [1.82, 2.24) is 0 Å². The Morgan fingerprint density at radius 3 is 2.50 bits per heavy atom. The van der Waals surface area contributed by atoms with Gasteiger partial charge in [-0.2, -0.15) is 0 Å². The summed E-state index contributed by atoms with van der Waals surface area (Å²) in [7, 11) is 0. The summed E-state index contributed by atoms with van der Waals surface area (Å²) in [5.41, 5.74) is 0.790. The van der Waals surface area contributed by atoms with Crippen molar-refractivity contribution in [3.63, 3.8) is 0 Å². The van der Waals surface area contributed by atoms with Crippen molar-refractivity contribution in [2.24, 2.45) is 11.8 Å². The van der Waals surface area contributed by atoms with Gasteiger partial charge in [-0.1, -0.05) is 31.5 Å². The largest absolute Gasteiger partial charge is 0.481 e. The van der Waals surface area contributed by atoms with Gasteiger partial charge in [0.15, 0.2) is 0 Å². The molecule has 0 aromatic heterocycles. The number of para-hydroxylation sites is 1. The lowest BCUT2D eigenvalue weighted by Gasteiger charge is -2.27. The molecular weight excluding hydrogens is 254 g/mol. The second kappa shape index (κ2) is 6.55. The van der Waals surface area contributed by atoms with E-state index in [0.717, 1.165) is 24.9 Å². The fraction of sp³-hybridized carbons (Fsp3) is 0.500. The van der Waals surface area contributed by atoms with E-state index in [0.29, 0.717) is 5.92 Å². The van der Waals surface area contributed by atoms with Gasteiger partial charge in [0, 0.05) is 18.2 Å². The number of carboxylic acids is 1. The van der Waals surface area contributed by atoms with Gasteiger partial charge >= 0.3 is 5.97 Å². The molecule has 0 aliphatic heterocycles. The third-order valence-electron chi connectivity index (χ3n) is 4.06. The Labute approximate surface area is 119 Å². The number of hydrogen-bond donors (Lipinski definition) is 1. The summed E-state index contributed by atoms with van der Waals surface area (Å²) in [4.78, 5) is 25.1. The van der Waals surface area contributed by atoms with Crippen LogP contribution < -0.4 is 4.90 Å². The minimum atomic E-state index is -0.877. The molecular formula is C16H21NO3. The lowest BCUT2D eigenvalue weighted by molar-refractivity contribution is -0.136. The van der Waals surface area contributed by atoms with E-state index >= 15 is 0 Å². The van der Waals surface area contributed by atoms with Crippen LogP contribution in [0, 0.1) is 11.8 Å². The van der Waals surface area contributed by atoms with Crippen LogP contribution in [-0.2, 0) is 9.59 Å². The van der Waals surface area contributed by atoms with Crippen LogP contribution >= 0.6 is 0 Å². The second-order valence-electron chi connectivity index (χ2n) is 5.48. The number of aliphatic carboxylic acids is 1. The van der Waals surface area contributed by atoms with E-state index in [-0.39, 0.29) is 24.8 Å². The van der Waals surface area contributed by atoms with Crippen LogP contribution in [0.1, 0.15) is 32.6 Å². The van der Waals surface area contributed by atoms with Gasteiger partial charge in [0.2, 0.25) is 5.91 Å². The average Bonchev–Trinajstić information content (AvgIpc) is 2.86. The molecule has 1 amide bonds. The highest BCUT2D eigenvalue weighted by Gasteiger charge is 2.33. The minimum absolute atomic E-state index is 0.0261. The van der Waals surface area contributed by atoms with Crippen LogP contribution in [0.15, 0.2) is 30.3 Å². The molecule has 1 fully saturated rings. The third kappa shape index (κ3) is 3.38. The van der Waals surface area contributed by atoms with Crippen LogP contribution in [0.2, 0.25) is 0 Å². The Kier molecular flexibility index (Phi) is 4.77. The number of nitrogens with zero attached hydrogens (tertiary/aromatic N) is 1. The summed E-state index contributed by atoms with van der Waals surface area (Å²) in [6, 6.07) is 9.35. The van der Waals surface area contributed by atoms with E-state index in [4.69, 9.17) is 5.11 Å². The fourth-order valence-electron chi connectivity index (χ4n) is 2.89. The molecule has 1 saturated carbocycles. The van der Waals surface area contributed by atoms with Crippen LogP contribution in [0.25, 0.3) is 0 Å². The Hall–Kier alpha value is -1.84. The zero-order valence-electron chi connectivity index (χ0n) is 11.8. The van der Waals surface area contributed by atoms with Crippen molar-refractivity contribution >= 4 is 17.6 Å². The molecule has 1 aliphatic rings. The average molecular weight is 275 g/mol. The Morgan fingerprint density at radius 1 is 1.25 bits per heavy atom. The van der Waals surface area contributed by atoms with E-state index in [1.165, 1.54) is 0 Å². The van der Waals surface area contributed by atoms with Gasteiger partial charge in [-0.25, -0.2) is 0 Å². The van der Waals surface area contributed by atoms with Crippen molar-refractivity contribution in [2.45, 2.75) is 32.6 Å². The van der Waals surface area contributed by atoms with Crippen molar-refractivity contribution in [3.8, 4) is 0 Å². The maximum Gasteiger partial charge on any atom is 0.305 e. The van der Waals surface area contributed by atoms with Crippen molar-refractivity contribution in [1.29, 1.82) is 0 Å². The number of carbonyl (C=O) groups is 2. The summed E-state index contributed by atoms with van der Waals surface area (Å²) >= 11 is 0. The standard InChI is InChI=1S/C16H21NO3/c1-12-6-5-9-14(12)16(20)17(11-10-15(18)19)13-7-3-2-4-8-13/h2-4,7-8,12,14H,5-6,9-11H2,1H3,(H,18,19). The zero-order chi connectivity index (χ0) is 14.5. The highest BCUT2D eigenvalue weighted by Crippen LogP contribution is 2.33. The van der Waals surface area contributed by atoms with Crippen LogP contribution in [-0.4, -0.2) is 23.5 Å². The van der Waals surface area contributed by atoms with Gasteiger partial charge in [0.1, 0.15) is 0 Å². The summed E-state index contributed by atoms with van der Waals surface area (Å²) < 4.78 is 0. The molecule has 0 saturated heterocycles. The molecule has 0 bridgehead atoms. The molecule has 4 heteroatoms. The summed E-state index contributed by atoms with van der Waals surface area (Å²) in [5, 5.41) is 8.87. The van der Waals surface area contributed by atoms with E-state index in [9.17, 15) is 9.59 Å². The maximum absolute atomic E-state index is 12.7. The monoisotopic (exact) mass is 275 g/mol. The predicted molar refractivity (Wildman–Crippen MR) is 77.6 cm³/mol. The van der Waals surface area contributed by atoms with Crippen molar-refractivity contribution < 1.29 is 14.7 Å². The zero-order valence-corrected chi connectivity index (χ0v) is 11.8. The fourth-order valence-corrected chi connectivity index (χ4v) is 2.89. The van der Waals surface area contributed by atoms with E-state index in [1.807, 2.05) is 30.3 Å². The van der Waals surface area contributed by atoms with E-state index in [2.05, 4.69) is 6.92 Å². The second-order valence-corrected chi connectivity index (χ2v) is 5.48. The first-order chi connectivity index (χ1) is 9.59. The quantitative estimate of drug-likeness (QED) is 0.898. The van der Waals surface area contributed by atoms with Crippen molar-refractivity contribution in [3.05, 3.63) is 30.3 Å². The number of anilines is 1. The molecule has 2 rings (SSSR count). The molecule has 0 radical (unpaired) electrons. The smallest absolute Gasteiger partial charge is 0.305 e. The molecule has 1 aromatic rings. The molecule has 2 atom stereocenters. The summed E-state index contributed by atoms with van der Waals surface area (Å²) in [6.45, 7) is 2.34. The number of rotatable bonds is 5. The Morgan fingerprint density at radius 2 is 1.95 bits per heavy atom. The molecule has 20 heavy (non-hydrogen) atoms. The normalized spacial score (nSPS) is 21.6. The molecule has 0 heterocycles. The number of carbonyl (C=O) groups excluding carboxylic acids is 1. The lowest BCUT2D eigenvalue weighted by atomic mass is 9.96. The molecule has 1 aromatic carbocycles. The van der Waals surface area contributed by atoms with Gasteiger partial charge in [-0.05, 0) is 30.9 Å². The Bertz CT molecular complexity index is 472. The molecule has 4 nitrogen and oxygen atoms in total. The highest BCUT2D eigenvalue weighted by atomic mass is 16.4. The van der Waals surface area contributed by atoms with E-state index < -0.39 is 5.97 Å². The first-order valence-corrected chi connectivity index (χ1v) is 7.18. The lowest BCUT2D eigenvalue weighted by Crippen LogP contribution is -2.38. The molecule has 1 aliphatic carbocycles. The van der Waals surface area contributed by atoms with E-state index in [1.54, 1.807) is 4.90 Å². The first kappa shape index (κ1) is 14.6. The number of benzene rings is 1. The molecule has 0 spiro atoms. The number of carboxylic acid groups (broad SMARTS) is 1. The first-order valence-electron chi connectivity index (χ1n) is 7.18. The summed E-state index contributed by atoms with van der Waals surface area (Å²) in [5.74, 6) is -0.386. The van der Waals surface area contributed by atoms with Crippen LogP contribution in [0.5, 0.6) is 0 Å². The van der Waals surface area contributed by atoms with Gasteiger partial charge in [0.05, 0.1) is 6.42 Å². The third-order valence-corrected chi connectivity index (χ3v) is 4.06. The van der Waals surface area contributed by atoms with Gasteiger partial charge in [-0.3, -0.25) is 9.59 Å². The SMILES string of the molecule is CC1CCCC1C(=O)N(CCC(=O)O)c1ccccc1. The van der Waals surface area contributed by atoms with Crippen molar-refractivity contribution in [2.75, 3.05) is 11.4 Å². The highest BCUT2D eigenvalue weighted by molar-refractivity contribution is 5.95. The van der Waals surface area contributed by atoms with Crippen LogP contribution in [0.4, 0.5) is 5.69 Å². The maximum atomic E-state index is 12.7. The predicted octanol–water partition coefficient (Wildman–Crippen LogP) is 2.93. The Balaban J connectivity index is 2.17. The molecule has 1 N–H and O–H groups in total.